The number of benzene rings is 2. The van der Waals surface area contributed by atoms with Crippen LogP contribution >= 0.6 is 0 Å². The van der Waals surface area contributed by atoms with E-state index in [0.29, 0.717) is 12.2 Å². The lowest BCUT2D eigenvalue weighted by molar-refractivity contribution is 0.0699. The van der Waals surface area contributed by atoms with Crippen molar-refractivity contribution in [2.24, 2.45) is 5.92 Å². The van der Waals surface area contributed by atoms with Crippen molar-refractivity contribution in [2.45, 2.75) is 25.7 Å². The summed E-state index contributed by atoms with van der Waals surface area (Å²) >= 11 is 0. The minimum Gasteiger partial charge on any atom is -0.493 e. The lowest BCUT2D eigenvalue weighted by atomic mass is 9.83. The van der Waals surface area contributed by atoms with Crippen LogP contribution in [-0.2, 0) is 0 Å². The molecule has 3 rings (SSSR count). The zero-order chi connectivity index (χ0) is 13.9. The normalized spacial score (nSPS) is 15.0. The Hall–Kier alpha value is -2.03. The fourth-order valence-corrected chi connectivity index (χ4v) is 2.70. The third-order valence-electron chi connectivity index (χ3n) is 4.12. The number of ether oxygens (including phenoxy) is 1. The van der Waals surface area contributed by atoms with Crippen molar-refractivity contribution < 1.29 is 14.6 Å². The Morgan fingerprint density at radius 3 is 2.55 bits per heavy atom. The van der Waals surface area contributed by atoms with Crippen LogP contribution in [0.5, 0.6) is 5.75 Å². The minimum atomic E-state index is -0.901. The molecule has 0 bridgehead atoms. The molecule has 1 fully saturated rings. The van der Waals surface area contributed by atoms with Crippen LogP contribution in [-0.4, -0.2) is 17.7 Å². The fourth-order valence-electron chi connectivity index (χ4n) is 2.70. The quantitative estimate of drug-likeness (QED) is 0.889. The average molecular weight is 270 g/mol. The Balaban J connectivity index is 1.83. The first-order valence-electron chi connectivity index (χ1n) is 7.13. The summed E-state index contributed by atoms with van der Waals surface area (Å²) in [5.41, 5.74) is 0.326. The van der Waals surface area contributed by atoms with Crippen LogP contribution < -0.4 is 4.74 Å². The SMILES string of the molecule is O=C(O)c1ccc(OCCC2CCC2)c2ccccc12. The van der Waals surface area contributed by atoms with Gasteiger partial charge in [-0.2, -0.15) is 0 Å². The number of hydrogen-bond acceptors (Lipinski definition) is 2. The van der Waals surface area contributed by atoms with Gasteiger partial charge in [-0.25, -0.2) is 4.79 Å². The van der Waals surface area contributed by atoms with Gasteiger partial charge in [-0.1, -0.05) is 43.5 Å². The van der Waals surface area contributed by atoms with Gasteiger partial charge < -0.3 is 9.84 Å². The molecule has 0 heterocycles. The molecule has 1 saturated carbocycles. The third-order valence-corrected chi connectivity index (χ3v) is 4.12. The first-order valence-corrected chi connectivity index (χ1v) is 7.13. The number of carboxylic acid groups (broad SMARTS) is 1. The van der Waals surface area contributed by atoms with E-state index in [1.165, 1.54) is 19.3 Å². The lowest BCUT2D eigenvalue weighted by Gasteiger charge is -2.25. The standard InChI is InChI=1S/C17H18O3/c18-17(19)15-8-9-16(14-7-2-1-6-13(14)15)20-11-10-12-4-3-5-12/h1-2,6-9,12H,3-5,10-11H2,(H,18,19). The van der Waals surface area contributed by atoms with Crippen molar-refractivity contribution in [2.75, 3.05) is 6.61 Å². The van der Waals surface area contributed by atoms with E-state index in [1.54, 1.807) is 12.1 Å². The Bertz CT molecular complexity index is 629. The predicted octanol–water partition coefficient (Wildman–Crippen LogP) is 4.11. The number of aromatic carboxylic acids is 1. The highest BCUT2D eigenvalue weighted by Gasteiger charge is 2.17. The smallest absolute Gasteiger partial charge is 0.336 e. The van der Waals surface area contributed by atoms with Crippen molar-refractivity contribution >= 4 is 16.7 Å². The lowest BCUT2D eigenvalue weighted by Crippen LogP contribution is -2.14. The maximum absolute atomic E-state index is 11.2. The minimum absolute atomic E-state index is 0.326. The van der Waals surface area contributed by atoms with Crippen LogP contribution in [0.15, 0.2) is 36.4 Å². The fraction of sp³-hybridized carbons (Fsp3) is 0.353. The molecule has 0 radical (unpaired) electrons. The van der Waals surface area contributed by atoms with E-state index in [1.807, 2.05) is 24.3 Å². The maximum atomic E-state index is 11.2. The Labute approximate surface area is 118 Å². The van der Waals surface area contributed by atoms with E-state index in [9.17, 15) is 9.90 Å². The van der Waals surface area contributed by atoms with Crippen molar-refractivity contribution in [3.63, 3.8) is 0 Å². The molecule has 20 heavy (non-hydrogen) atoms. The number of carbonyl (C=O) groups is 1. The van der Waals surface area contributed by atoms with E-state index < -0.39 is 5.97 Å². The van der Waals surface area contributed by atoms with Crippen molar-refractivity contribution in [1.82, 2.24) is 0 Å². The van der Waals surface area contributed by atoms with Gasteiger partial charge in [-0.3, -0.25) is 0 Å². The largest absolute Gasteiger partial charge is 0.493 e. The summed E-state index contributed by atoms with van der Waals surface area (Å²) in [6.07, 6.45) is 5.08. The number of rotatable bonds is 5. The first-order chi connectivity index (χ1) is 9.75. The van der Waals surface area contributed by atoms with Crippen LogP contribution in [0.3, 0.4) is 0 Å². The van der Waals surface area contributed by atoms with Gasteiger partial charge in [0.1, 0.15) is 5.75 Å². The van der Waals surface area contributed by atoms with Gasteiger partial charge >= 0.3 is 5.97 Å². The maximum Gasteiger partial charge on any atom is 0.336 e. The third kappa shape index (κ3) is 2.48. The predicted molar refractivity (Wildman–Crippen MR) is 78.4 cm³/mol. The van der Waals surface area contributed by atoms with E-state index in [2.05, 4.69) is 0 Å². The average Bonchev–Trinajstić information content (AvgIpc) is 2.41. The molecule has 1 aliphatic rings. The summed E-state index contributed by atoms with van der Waals surface area (Å²) < 4.78 is 5.87. The van der Waals surface area contributed by atoms with E-state index >= 15 is 0 Å². The summed E-state index contributed by atoms with van der Waals surface area (Å²) in [7, 11) is 0. The second-order valence-corrected chi connectivity index (χ2v) is 5.40. The van der Waals surface area contributed by atoms with Crippen LogP contribution in [0.2, 0.25) is 0 Å². The zero-order valence-corrected chi connectivity index (χ0v) is 11.3. The van der Waals surface area contributed by atoms with Gasteiger partial charge in [0.05, 0.1) is 12.2 Å². The number of fused-ring (bicyclic) bond motifs is 1. The summed E-state index contributed by atoms with van der Waals surface area (Å²) in [5, 5.41) is 10.8. The molecule has 0 unspecified atom stereocenters. The van der Waals surface area contributed by atoms with E-state index in [4.69, 9.17) is 4.74 Å². The monoisotopic (exact) mass is 270 g/mol. The molecule has 0 spiro atoms. The Morgan fingerprint density at radius 2 is 1.90 bits per heavy atom. The Kier molecular flexibility index (Phi) is 3.59. The molecule has 104 valence electrons. The Morgan fingerprint density at radius 1 is 1.15 bits per heavy atom. The van der Waals surface area contributed by atoms with Gasteiger partial charge in [0.25, 0.3) is 0 Å². The highest BCUT2D eigenvalue weighted by atomic mass is 16.5. The van der Waals surface area contributed by atoms with Crippen molar-refractivity contribution in [1.29, 1.82) is 0 Å². The van der Waals surface area contributed by atoms with Crippen molar-refractivity contribution in [3.05, 3.63) is 42.0 Å². The molecule has 0 aromatic heterocycles. The van der Waals surface area contributed by atoms with Gasteiger partial charge in [0, 0.05) is 5.39 Å². The van der Waals surface area contributed by atoms with Crippen LogP contribution in [0.4, 0.5) is 0 Å². The molecule has 3 heteroatoms. The molecule has 0 amide bonds. The number of carboxylic acids is 1. The van der Waals surface area contributed by atoms with Gasteiger partial charge in [0.2, 0.25) is 0 Å². The number of hydrogen-bond donors (Lipinski definition) is 1. The first kappa shape index (κ1) is 13.0. The highest BCUT2D eigenvalue weighted by Crippen LogP contribution is 2.31. The summed E-state index contributed by atoms with van der Waals surface area (Å²) in [5.74, 6) is 0.701. The molecule has 0 saturated heterocycles. The summed E-state index contributed by atoms with van der Waals surface area (Å²) in [4.78, 5) is 11.2. The summed E-state index contributed by atoms with van der Waals surface area (Å²) in [6.45, 7) is 0.709. The van der Waals surface area contributed by atoms with Gasteiger partial charge in [-0.05, 0) is 29.9 Å². The molecule has 2 aromatic carbocycles. The van der Waals surface area contributed by atoms with Gasteiger partial charge in [-0.15, -0.1) is 0 Å². The second kappa shape index (κ2) is 5.53. The van der Waals surface area contributed by atoms with E-state index in [-0.39, 0.29) is 0 Å². The molecular weight excluding hydrogens is 252 g/mol. The second-order valence-electron chi connectivity index (χ2n) is 5.40. The molecule has 1 N–H and O–H groups in total. The van der Waals surface area contributed by atoms with Crippen LogP contribution in [0.1, 0.15) is 36.0 Å². The van der Waals surface area contributed by atoms with Crippen LogP contribution in [0, 0.1) is 5.92 Å². The highest BCUT2D eigenvalue weighted by molar-refractivity contribution is 6.05. The molecule has 3 nitrogen and oxygen atoms in total. The molecule has 0 aliphatic heterocycles. The van der Waals surface area contributed by atoms with E-state index in [0.717, 1.165) is 28.9 Å². The van der Waals surface area contributed by atoms with Crippen LogP contribution in [0.25, 0.3) is 10.8 Å². The van der Waals surface area contributed by atoms with Gasteiger partial charge in [0.15, 0.2) is 0 Å². The molecular formula is C17H18O3. The molecule has 0 atom stereocenters. The topological polar surface area (TPSA) is 46.5 Å². The molecule has 1 aliphatic carbocycles. The van der Waals surface area contributed by atoms with Crippen molar-refractivity contribution in [3.8, 4) is 5.75 Å². The molecule has 2 aromatic rings. The summed E-state index contributed by atoms with van der Waals surface area (Å²) in [6, 6.07) is 10.9. The zero-order valence-electron chi connectivity index (χ0n) is 11.3.